The predicted molar refractivity (Wildman–Crippen MR) is 129 cm³/mol. The second kappa shape index (κ2) is 10.4. The summed E-state index contributed by atoms with van der Waals surface area (Å²) in [5, 5.41) is 12.7. The summed E-state index contributed by atoms with van der Waals surface area (Å²) in [6, 6.07) is 20.8. The van der Waals surface area contributed by atoms with Crippen LogP contribution in [0.3, 0.4) is 0 Å². The number of carboxylic acids is 1. The Kier molecular flexibility index (Phi) is 7.79. The number of hydrogen-bond donors (Lipinski definition) is 2. The fourth-order valence-electron chi connectivity index (χ4n) is 3.57. The molecule has 0 bridgehead atoms. The van der Waals surface area contributed by atoms with Crippen molar-refractivity contribution in [2.75, 3.05) is 6.54 Å². The van der Waals surface area contributed by atoms with Gasteiger partial charge in [-0.05, 0) is 51.9 Å². The molecule has 0 atom stereocenters. The minimum atomic E-state index is -4.47. The lowest BCUT2D eigenvalue weighted by Gasteiger charge is -2.14. The van der Waals surface area contributed by atoms with Crippen molar-refractivity contribution in [3.05, 3.63) is 83.9 Å². The van der Waals surface area contributed by atoms with Gasteiger partial charge in [0.2, 0.25) is 0 Å². The summed E-state index contributed by atoms with van der Waals surface area (Å²) >= 11 is 1.45. The summed E-state index contributed by atoms with van der Waals surface area (Å²) in [7, 11) is 0. The van der Waals surface area contributed by atoms with Crippen molar-refractivity contribution in [3.8, 4) is 21.6 Å². The summed E-state index contributed by atoms with van der Waals surface area (Å²) in [5.74, 6) is -0.855. The van der Waals surface area contributed by atoms with Gasteiger partial charge in [0, 0.05) is 22.7 Å². The first kappa shape index (κ1) is 24.8. The van der Waals surface area contributed by atoms with E-state index >= 15 is 0 Å². The summed E-state index contributed by atoms with van der Waals surface area (Å²) in [6.45, 7) is 0.897. The van der Waals surface area contributed by atoms with E-state index in [1.165, 1.54) is 23.5 Å². The number of halogens is 4. The number of rotatable bonds is 7. The first-order valence-electron chi connectivity index (χ1n) is 10.0. The van der Waals surface area contributed by atoms with Crippen LogP contribution in [0.2, 0.25) is 0 Å². The number of fused-ring (bicyclic) bond motifs is 1. The van der Waals surface area contributed by atoms with Gasteiger partial charge in [0.05, 0.1) is 12.0 Å². The number of nitrogens with one attached hydrogen (secondary N) is 1. The SMILES string of the molecule is Cl.O=C(O)CCNCc1ccc2sc(-c3ccc(-c4ccccc4)c(C(F)(F)F)c3)cc2c1. The minimum Gasteiger partial charge on any atom is -0.481 e. The van der Waals surface area contributed by atoms with Crippen LogP contribution in [0.4, 0.5) is 13.2 Å². The average molecular weight is 492 g/mol. The smallest absolute Gasteiger partial charge is 0.417 e. The zero-order valence-corrected chi connectivity index (χ0v) is 19.0. The first-order valence-corrected chi connectivity index (χ1v) is 10.8. The molecule has 1 aromatic heterocycles. The summed E-state index contributed by atoms with van der Waals surface area (Å²) < 4.78 is 42.5. The molecule has 0 saturated heterocycles. The highest BCUT2D eigenvalue weighted by Gasteiger charge is 2.34. The Labute approximate surface area is 199 Å². The van der Waals surface area contributed by atoms with E-state index in [0.29, 0.717) is 24.2 Å². The van der Waals surface area contributed by atoms with Crippen LogP contribution in [0.25, 0.3) is 31.7 Å². The van der Waals surface area contributed by atoms with Gasteiger partial charge in [-0.3, -0.25) is 4.79 Å². The monoisotopic (exact) mass is 491 g/mol. The largest absolute Gasteiger partial charge is 0.481 e. The maximum absolute atomic E-state index is 13.8. The molecule has 0 spiro atoms. The highest BCUT2D eigenvalue weighted by atomic mass is 35.5. The van der Waals surface area contributed by atoms with Crippen molar-refractivity contribution < 1.29 is 23.1 Å². The molecule has 0 aliphatic rings. The quantitative estimate of drug-likeness (QED) is 0.268. The summed E-state index contributed by atoms with van der Waals surface area (Å²) in [4.78, 5) is 11.4. The van der Waals surface area contributed by atoms with Crippen LogP contribution in [-0.4, -0.2) is 17.6 Å². The van der Waals surface area contributed by atoms with Crippen molar-refractivity contribution in [3.63, 3.8) is 0 Å². The fourth-order valence-corrected chi connectivity index (χ4v) is 4.61. The second-order valence-electron chi connectivity index (χ2n) is 7.43. The molecular formula is C25H21ClF3NO2S. The van der Waals surface area contributed by atoms with E-state index in [4.69, 9.17) is 5.11 Å². The Morgan fingerprint density at radius 1 is 0.939 bits per heavy atom. The minimum absolute atomic E-state index is 0. The summed E-state index contributed by atoms with van der Waals surface area (Å²) in [5.41, 5.74) is 1.56. The molecule has 8 heteroatoms. The molecule has 3 nitrogen and oxygen atoms in total. The predicted octanol–water partition coefficient (Wildman–Crippen LogP) is 7.24. The number of hydrogen-bond acceptors (Lipinski definition) is 3. The zero-order chi connectivity index (χ0) is 22.7. The van der Waals surface area contributed by atoms with Crippen molar-refractivity contribution in [1.29, 1.82) is 0 Å². The van der Waals surface area contributed by atoms with Crippen LogP contribution >= 0.6 is 23.7 Å². The first-order chi connectivity index (χ1) is 15.3. The summed E-state index contributed by atoms with van der Waals surface area (Å²) in [6.07, 6.45) is -4.42. The van der Waals surface area contributed by atoms with Crippen LogP contribution in [0.1, 0.15) is 17.5 Å². The molecule has 4 aromatic rings. The van der Waals surface area contributed by atoms with E-state index in [9.17, 15) is 18.0 Å². The molecule has 2 N–H and O–H groups in total. The molecule has 4 rings (SSSR count). The van der Waals surface area contributed by atoms with Gasteiger partial charge in [0.25, 0.3) is 0 Å². The van der Waals surface area contributed by atoms with Crippen LogP contribution in [0.15, 0.2) is 72.8 Å². The van der Waals surface area contributed by atoms with Gasteiger partial charge >= 0.3 is 12.1 Å². The van der Waals surface area contributed by atoms with Gasteiger partial charge < -0.3 is 10.4 Å². The molecule has 172 valence electrons. The lowest BCUT2D eigenvalue weighted by molar-refractivity contribution is -0.137. The van der Waals surface area contributed by atoms with Crippen molar-refractivity contribution in [2.24, 2.45) is 0 Å². The zero-order valence-electron chi connectivity index (χ0n) is 17.4. The third-order valence-corrected chi connectivity index (χ3v) is 6.28. The lowest BCUT2D eigenvalue weighted by atomic mass is 9.96. The maximum atomic E-state index is 13.8. The van der Waals surface area contributed by atoms with E-state index in [2.05, 4.69) is 5.32 Å². The Bertz CT molecular complexity index is 1260. The molecular weight excluding hydrogens is 471 g/mol. The molecule has 0 amide bonds. The maximum Gasteiger partial charge on any atom is 0.417 e. The van der Waals surface area contributed by atoms with Crippen molar-refractivity contribution in [1.82, 2.24) is 5.32 Å². The Hall–Kier alpha value is -2.87. The van der Waals surface area contributed by atoms with Crippen LogP contribution in [0.5, 0.6) is 0 Å². The van der Waals surface area contributed by atoms with Crippen LogP contribution < -0.4 is 5.32 Å². The van der Waals surface area contributed by atoms with Crippen molar-refractivity contribution >= 4 is 39.8 Å². The van der Waals surface area contributed by atoms with E-state index in [1.807, 2.05) is 24.3 Å². The molecule has 0 saturated carbocycles. The average Bonchev–Trinajstić information content (AvgIpc) is 3.20. The van der Waals surface area contributed by atoms with Gasteiger partial charge in [0.1, 0.15) is 0 Å². The van der Waals surface area contributed by atoms with Gasteiger partial charge in [-0.1, -0.05) is 48.5 Å². The molecule has 0 aliphatic heterocycles. The van der Waals surface area contributed by atoms with E-state index < -0.39 is 17.7 Å². The molecule has 0 unspecified atom stereocenters. The van der Waals surface area contributed by atoms with Gasteiger partial charge in [-0.15, -0.1) is 23.7 Å². The number of thiophene rings is 1. The molecule has 3 aromatic carbocycles. The number of aliphatic carboxylic acids is 1. The van der Waals surface area contributed by atoms with Gasteiger partial charge in [-0.2, -0.15) is 13.2 Å². The number of alkyl halides is 3. The normalized spacial score (nSPS) is 11.4. The number of benzene rings is 3. The number of carboxylic acid groups (broad SMARTS) is 1. The Morgan fingerprint density at radius 2 is 1.70 bits per heavy atom. The van der Waals surface area contributed by atoms with Gasteiger partial charge in [0.15, 0.2) is 0 Å². The molecule has 33 heavy (non-hydrogen) atoms. The number of carbonyl (C=O) groups is 1. The molecule has 0 aliphatic carbocycles. The van der Waals surface area contributed by atoms with E-state index in [0.717, 1.165) is 20.5 Å². The molecule has 1 heterocycles. The van der Waals surface area contributed by atoms with Crippen molar-refractivity contribution in [2.45, 2.75) is 19.1 Å². The fraction of sp³-hybridized carbons (Fsp3) is 0.160. The Morgan fingerprint density at radius 3 is 2.39 bits per heavy atom. The standard InChI is InChI=1S/C25H20F3NO2S.ClH/c26-25(27,28)21-13-18(7-8-20(21)17-4-2-1-3-5-17)23-14-19-12-16(6-9-22(19)32-23)15-29-11-10-24(30)31;/h1-9,12-14,29H,10-11,15H2,(H,30,31);1H. The van der Waals surface area contributed by atoms with E-state index in [-0.39, 0.29) is 24.4 Å². The molecule has 0 fully saturated rings. The Balaban J connectivity index is 0.00000306. The molecule has 0 radical (unpaired) electrons. The second-order valence-corrected chi connectivity index (χ2v) is 8.51. The third kappa shape index (κ3) is 5.93. The van der Waals surface area contributed by atoms with Crippen LogP contribution in [-0.2, 0) is 17.5 Å². The van der Waals surface area contributed by atoms with Gasteiger partial charge in [-0.25, -0.2) is 0 Å². The van der Waals surface area contributed by atoms with E-state index in [1.54, 1.807) is 36.4 Å². The topological polar surface area (TPSA) is 49.3 Å². The van der Waals surface area contributed by atoms with Crippen LogP contribution in [0, 0.1) is 0 Å². The third-order valence-electron chi connectivity index (χ3n) is 5.12. The highest BCUT2D eigenvalue weighted by Crippen LogP contribution is 2.41. The highest BCUT2D eigenvalue weighted by molar-refractivity contribution is 7.22. The lowest BCUT2D eigenvalue weighted by Crippen LogP contribution is -2.17.